The van der Waals surface area contributed by atoms with Gasteiger partial charge in [0.1, 0.15) is 11.6 Å². The average Bonchev–Trinajstić information content (AvgIpc) is 2.89. The van der Waals surface area contributed by atoms with E-state index in [-0.39, 0.29) is 11.4 Å². The maximum atomic E-state index is 12.7. The number of ether oxygens (including phenoxy) is 1. The third-order valence-corrected chi connectivity index (χ3v) is 4.27. The minimum Gasteiger partial charge on any atom is -0.481 e. The van der Waals surface area contributed by atoms with Gasteiger partial charge in [0.25, 0.3) is 5.91 Å². The highest BCUT2D eigenvalue weighted by Gasteiger charge is 2.23. The molecule has 0 aliphatic rings. The molecule has 0 radical (unpaired) electrons. The van der Waals surface area contributed by atoms with Crippen LogP contribution < -0.4 is 10.1 Å². The fourth-order valence-corrected chi connectivity index (χ4v) is 2.67. The molecule has 1 heterocycles. The standard InChI is InChI=1S/C21H31N3O2/c1-13(2)17-10-9-14(3)18(12-17)26-16(5)20(25)22-19-11-15(4)23-24(19)21(6,7)8/h9-13,16H,1-8H3,(H,22,25). The predicted molar refractivity (Wildman–Crippen MR) is 106 cm³/mol. The van der Waals surface area contributed by atoms with Crippen molar-refractivity contribution in [1.29, 1.82) is 0 Å². The van der Waals surface area contributed by atoms with E-state index >= 15 is 0 Å². The number of hydrogen-bond acceptors (Lipinski definition) is 3. The molecule has 5 nitrogen and oxygen atoms in total. The Morgan fingerprint density at radius 3 is 2.38 bits per heavy atom. The van der Waals surface area contributed by atoms with E-state index < -0.39 is 6.10 Å². The lowest BCUT2D eigenvalue weighted by molar-refractivity contribution is -0.122. The van der Waals surface area contributed by atoms with Gasteiger partial charge in [0.15, 0.2) is 6.10 Å². The number of aromatic nitrogens is 2. The minimum absolute atomic E-state index is 0.190. The monoisotopic (exact) mass is 357 g/mol. The number of anilines is 1. The van der Waals surface area contributed by atoms with Gasteiger partial charge in [-0.05, 0) is 64.7 Å². The van der Waals surface area contributed by atoms with Crippen molar-refractivity contribution in [3.05, 3.63) is 41.1 Å². The molecule has 0 aliphatic heterocycles. The molecule has 0 bridgehead atoms. The molecule has 0 saturated carbocycles. The average molecular weight is 357 g/mol. The Labute approximate surface area is 156 Å². The Kier molecular flexibility index (Phi) is 5.79. The van der Waals surface area contributed by atoms with Crippen LogP contribution in [0.5, 0.6) is 5.75 Å². The Bertz CT molecular complexity index is 785. The van der Waals surface area contributed by atoms with Gasteiger partial charge < -0.3 is 10.1 Å². The normalized spacial score (nSPS) is 13.0. The molecule has 2 aromatic rings. The molecular weight excluding hydrogens is 326 g/mol. The summed E-state index contributed by atoms with van der Waals surface area (Å²) in [6.45, 7) is 16.1. The van der Waals surface area contributed by atoms with Crippen molar-refractivity contribution in [3.8, 4) is 5.75 Å². The molecule has 0 saturated heterocycles. The van der Waals surface area contributed by atoms with Crippen molar-refractivity contribution in [1.82, 2.24) is 9.78 Å². The Morgan fingerprint density at radius 2 is 1.81 bits per heavy atom. The number of benzene rings is 1. The van der Waals surface area contributed by atoms with Crippen molar-refractivity contribution in [2.75, 3.05) is 5.32 Å². The first-order valence-electron chi connectivity index (χ1n) is 9.14. The summed E-state index contributed by atoms with van der Waals surface area (Å²) in [5.74, 6) is 1.65. The van der Waals surface area contributed by atoms with Crippen molar-refractivity contribution >= 4 is 11.7 Å². The van der Waals surface area contributed by atoms with Gasteiger partial charge in [-0.15, -0.1) is 0 Å². The number of rotatable bonds is 5. The summed E-state index contributed by atoms with van der Waals surface area (Å²) in [6, 6.07) is 8.03. The van der Waals surface area contributed by atoms with Crippen LogP contribution in [0.3, 0.4) is 0 Å². The summed E-state index contributed by atoms with van der Waals surface area (Å²) in [5, 5.41) is 7.44. The number of carbonyl (C=O) groups excluding carboxylic acids is 1. The zero-order chi connectivity index (χ0) is 19.6. The lowest BCUT2D eigenvalue weighted by Crippen LogP contribution is -2.33. The molecule has 0 fully saturated rings. The van der Waals surface area contributed by atoms with E-state index in [1.165, 1.54) is 5.56 Å². The van der Waals surface area contributed by atoms with E-state index in [9.17, 15) is 4.79 Å². The van der Waals surface area contributed by atoms with E-state index in [1.54, 1.807) is 6.92 Å². The molecule has 142 valence electrons. The Hall–Kier alpha value is -2.30. The molecule has 1 amide bonds. The molecule has 0 aliphatic carbocycles. The van der Waals surface area contributed by atoms with Gasteiger partial charge in [0, 0.05) is 6.07 Å². The van der Waals surface area contributed by atoms with Crippen LogP contribution in [0.2, 0.25) is 0 Å². The van der Waals surface area contributed by atoms with Crippen molar-refractivity contribution in [2.45, 2.75) is 73.0 Å². The Balaban J connectivity index is 2.16. The van der Waals surface area contributed by atoms with Crippen LogP contribution in [0.4, 0.5) is 5.82 Å². The highest BCUT2D eigenvalue weighted by atomic mass is 16.5. The van der Waals surface area contributed by atoms with Crippen LogP contribution in [0, 0.1) is 13.8 Å². The lowest BCUT2D eigenvalue weighted by atomic mass is 10.0. The van der Waals surface area contributed by atoms with Crippen molar-refractivity contribution < 1.29 is 9.53 Å². The zero-order valence-electron chi connectivity index (χ0n) is 17.2. The topological polar surface area (TPSA) is 56.1 Å². The smallest absolute Gasteiger partial charge is 0.266 e. The minimum atomic E-state index is -0.611. The predicted octanol–water partition coefficient (Wildman–Crippen LogP) is 4.78. The Morgan fingerprint density at radius 1 is 1.15 bits per heavy atom. The first-order valence-corrected chi connectivity index (χ1v) is 9.14. The maximum absolute atomic E-state index is 12.7. The first-order chi connectivity index (χ1) is 12.0. The van der Waals surface area contributed by atoms with E-state index in [1.807, 2.05) is 36.7 Å². The highest BCUT2D eigenvalue weighted by molar-refractivity contribution is 5.93. The summed E-state index contributed by atoms with van der Waals surface area (Å²) in [7, 11) is 0. The van der Waals surface area contributed by atoms with Crippen LogP contribution in [0.1, 0.15) is 64.3 Å². The van der Waals surface area contributed by atoms with Crippen molar-refractivity contribution in [2.24, 2.45) is 0 Å². The molecule has 26 heavy (non-hydrogen) atoms. The highest BCUT2D eigenvalue weighted by Crippen LogP contribution is 2.26. The van der Waals surface area contributed by atoms with Crippen LogP contribution in [0.15, 0.2) is 24.3 Å². The fourth-order valence-electron chi connectivity index (χ4n) is 2.67. The van der Waals surface area contributed by atoms with Gasteiger partial charge in [-0.25, -0.2) is 4.68 Å². The van der Waals surface area contributed by atoms with Gasteiger partial charge in [0.2, 0.25) is 0 Å². The number of nitrogens with zero attached hydrogens (tertiary/aromatic N) is 2. The van der Waals surface area contributed by atoms with Gasteiger partial charge >= 0.3 is 0 Å². The van der Waals surface area contributed by atoms with E-state index in [4.69, 9.17) is 4.74 Å². The summed E-state index contributed by atoms with van der Waals surface area (Å²) >= 11 is 0. The molecule has 1 N–H and O–H groups in total. The van der Waals surface area contributed by atoms with E-state index in [0.717, 1.165) is 17.0 Å². The largest absolute Gasteiger partial charge is 0.481 e. The molecule has 1 atom stereocenters. The number of hydrogen-bond donors (Lipinski definition) is 1. The first kappa shape index (κ1) is 20.0. The summed E-state index contributed by atoms with van der Waals surface area (Å²) in [5.41, 5.74) is 2.86. The summed E-state index contributed by atoms with van der Waals surface area (Å²) in [6.07, 6.45) is -0.611. The number of nitrogens with one attached hydrogen (secondary N) is 1. The van der Waals surface area contributed by atoms with Gasteiger partial charge in [-0.2, -0.15) is 5.10 Å². The molecular formula is C21H31N3O2. The molecule has 1 unspecified atom stereocenters. The van der Waals surface area contributed by atoms with Gasteiger partial charge in [0.05, 0.1) is 11.2 Å². The quantitative estimate of drug-likeness (QED) is 0.837. The van der Waals surface area contributed by atoms with E-state index in [2.05, 4.69) is 51.1 Å². The molecule has 2 rings (SSSR count). The second kappa shape index (κ2) is 7.52. The summed E-state index contributed by atoms with van der Waals surface area (Å²) < 4.78 is 7.79. The van der Waals surface area contributed by atoms with Crippen LogP contribution in [0.25, 0.3) is 0 Å². The van der Waals surface area contributed by atoms with Gasteiger partial charge in [-0.3, -0.25) is 4.79 Å². The molecule has 0 spiro atoms. The second-order valence-corrected chi connectivity index (χ2v) is 8.18. The molecule has 5 heteroatoms. The van der Waals surface area contributed by atoms with Crippen LogP contribution >= 0.6 is 0 Å². The van der Waals surface area contributed by atoms with Crippen LogP contribution in [-0.4, -0.2) is 21.8 Å². The fraction of sp³-hybridized carbons (Fsp3) is 0.524. The third-order valence-electron chi connectivity index (χ3n) is 4.27. The number of amides is 1. The van der Waals surface area contributed by atoms with Crippen LogP contribution in [-0.2, 0) is 10.3 Å². The third kappa shape index (κ3) is 4.65. The molecule has 1 aromatic carbocycles. The van der Waals surface area contributed by atoms with Gasteiger partial charge in [-0.1, -0.05) is 26.0 Å². The maximum Gasteiger partial charge on any atom is 0.266 e. The lowest BCUT2D eigenvalue weighted by Gasteiger charge is -2.23. The molecule has 1 aromatic heterocycles. The van der Waals surface area contributed by atoms with E-state index in [0.29, 0.717) is 11.7 Å². The summed E-state index contributed by atoms with van der Waals surface area (Å²) in [4.78, 5) is 12.7. The SMILES string of the molecule is Cc1cc(NC(=O)C(C)Oc2cc(C(C)C)ccc2C)n(C(C)(C)C)n1. The number of aryl methyl sites for hydroxylation is 2. The second-order valence-electron chi connectivity index (χ2n) is 8.18. The zero-order valence-corrected chi connectivity index (χ0v) is 17.2. The number of carbonyl (C=O) groups is 1. The van der Waals surface area contributed by atoms with Crippen molar-refractivity contribution in [3.63, 3.8) is 0 Å².